The number of aromatic hydroxyl groups is 1. The first-order chi connectivity index (χ1) is 16.4. The first-order valence-corrected chi connectivity index (χ1v) is 12.4. The second kappa shape index (κ2) is 9.44. The third-order valence-electron chi connectivity index (χ3n) is 7.13. The van der Waals surface area contributed by atoms with Crippen molar-refractivity contribution in [3.8, 4) is 5.75 Å². The van der Waals surface area contributed by atoms with E-state index in [1.165, 1.54) is 23.4 Å². The number of hydrogen-bond acceptors (Lipinski definition) is 3. The van der Waals surface area contributed by atoms with Gasteiger partial charge in [-0.05, 0) is 96.5 Å². The second-order valence-electron chi connectivity index (χ2n) is 9.48. The largest absolute Gasteiger partial charge is 0.508 e. The number of allylic oxidation sites excluding steroid dienone is 1. The highest BCUT2D eigenvalue weighted by Gasteiger charge is 2.24. The minimum Gasteiger partial charge on any atom is -0.508 e. The standard InChI is InChI=1S/C29H30ClFN2O/c1-19(2)32-13-15-33(16-14-32)23-8-3-21(4-9-23)29-26(25-12-7-22(31)17-28(25)30)11-6-20-5-10-24(34)18-27(20)29/h3-5,7-10,12,17-19,34H,6,11,13-16H2,1-2H3. The van der Waals surface area contributed by atoms with E-state index in [0.717, 1.165) is 66.9 Å². The minimum atomic E-state index is -0.341. The molecule has 1 fully saturated rings. The van der Waals surface area contributed by atoms with E-state index < -0.39 is 0 Å². The van der Waals surface area contributed by atoms with Gasteiger partial charge in [0, 0.05) is 37.9 Å². The van der Waals surface area contributed by atoms with Crippen LogP contribution in [0.4, 0.5) is 10.1 Å². The Balaban J connectivity index is 1.55. The molecule has 1 N–H and O–H groups in total. The van der Waals surface area contributed by atoms with Gasteiger partial charge in [-0.15, -0.1) is 0 Å². The zero-order valence-electron chi connectivity index (χ0n) is 19.7. The summed E-state index contributed by atoms with van der Waals surface area (Å²) in [5.74, 6) is -0.103. The molecule has 3 aromatic carbocycles. The van der Waals surface area contributed by atoms with Crippen molar-refractivity contribution >= 4 is 28.4 Å². The molecule has 0 unspecified atom stereocenters. The maximum absolute atomic E-state index is 13.8. The summed E-state index contributed by atoms with van der Waals surface area (Å²) >= 11 is 6.50. The van der Waals surface area contributed by atoms with Gasteiger partial charge in [-0.2, -0.15) is 0 Å². The highest BCUT2D eigenvalue weighted by atomic mass is 35.5. The molecule has 0 radical (unpaired) electrons. The van der Waals surface area contributed by atoms with Crippen molar-refractivity contribution in [1.82, 2.24) is 4.90 Å². The van der Waals surface area contributed by atoms with Gasteiger partial charge in [0.05, 0.1) is 5.02 Å². The number of rotatable bonds is 4. The number of aryl methyl sites for hydroxylation is 1. The Hall–Kier alpha value is -2.82. The molecule has 2 aliphatic rings. The van der Waals surface area contributed by atoms with Gasteiger partial charge in [0.25, 0.3) is 0 Å². The molecule has 1 heterocycles. The Labute approximate surface area is 206 Å². The Bertz CT molecular complexity index is 1230. The second-order valence-corrected chi connectivity index (χ2v) is 9.89. The molecule has 0 spiro atoms. The van der Waals surface area contributed by atoms with E-state index in [0.29, 0.717) is 11.1 Å². The van der Waals surface area contributed by atoms with Crippen LogP contribution < -0.4 is 4.90 Å². The maximum Gasteiger partial charge on any atom is 0.124 e. The molecular formula is C29H30ClFN2O. The monoisotopic (exact) mass is 476 g/mol. The molecule has 1 aliphatic heterocycles. The summed E-state index contributed by atoms with van der Waals surface area (Å²) in [5.41, 5.74) is 7.50. The van der Waals surface area contributed by atoms with Crippen molar-refractivity contribution < 1.29 is 9.50 Å². The average molecular weight is 477 g/mol. The van der Waals surface area contributed by atoms with E-state index >= 15 is 0 Å². The number of phenolic OH excluding ortho intramolecular Hbond substituents is 1. The number of hydrogen-bond donors (Lipinski definition) is 1. The van der Waals surface area contributed by atoms with Crippen LogP contribution in [0, 0.1) is 5.82 Å². The summed E-state index contributed by atoms with van der Waals surface area (Å²) < 4.78 is 13.8. The lowest BCUT2D eigenvalue weighted by molar-refractivity contribution is 0.209. The van der Waals surface area contributed by atoms with Crippen LogP contribution in [0.25, 0.3) is 11.1 Å². The molecule has 176 valence electrons. The van der Waals surface area contributed by atoms with Gasteiger partial charge in [-0.3, -0.25) is 4.90 Å². The van der Waals surface area contributed by atoms with Crippen LogP contribution in [0.1, 0.15) is 42.5 Å². The number of piperazine rings is 1. The molecule has 5 rings (SSSR count). The minimum absolute atomic E-state index is 0.238. The van der Waals surface area contributed by atoms with Crippen molar-refractivity contribution in [1.29, 1.82) is 0 Å². The van der Waals surface area contributed by atoms with Gasteiger partial charge >= 0.3 is 0 Å². The first-order valence-electron chi connectivity index (χ1n) is 12.0. The number of anilines is 1. The zero-order valence-corrected chi connectivity index (χ0v) is 20.4. The summed E-state index contributed by atoms with van der Waals surface area (Å²) in [6.07, 6.45) is 1.65. The van der Waals surface area contributed by atoms with Gasteiger partial charge in [-0.1, -0.05) is 35.9 Å². The van der Waals surface area contributed by atoms with E-state index in [2.05, 4.69) is 47.9 Å². The van der Waals surface area contributed by atoms with Crippen LogP contribution >= 0.6 is 11.6 Å². The molecule has 3 aromatic rings. The number of halogens is 2. The van der Waals surface area contributed by atoms with Crippen molar-refractivity contribution in [2.75, 3.05) is 31.1 Å². The predicted molar refractivity (Wildman–Crippen MR) is 139 cm³/mol. The first kappa shape index (κ1) is 22.9. The molecule has 34 heavy (non-hydrogen) atoms. The van der Waals surface area contributed by atoms with Gasteiger partial charge in [0.1, 0.15) is 11.6 Å². The fourth-order valence-corrected chi connectivity index (χ4v) is 5.51. The Morgan fingerprint density at radius 3 is 2.26 bits per heavy atom. The molecule has 0 bridgehead atoms. The fraction of sp³-hybridized carbons (Fsp3) is 0.310. The highest BCUT2D eigenvalue weighted by molar-refractivity contribution is 6.32. The molecule has 1 aliphatic carbocycles. The fourth-order valence-electron chi connectivity index (χ4n) is 5.23. The number of nitrogens with zero attached hydrogens (tertiary/aromatic N) is 2. The average Bonchev–Trinajstić information content (AvgIpc) is 2.84. The quantitative estimate of drug-likeness (QED) is 0.458. The SMILES string of the molecule is CC(C)N1CCN(c2ccc(C3=C(c4ccc(F)cc4Cl)CCc4ccc(O)cc43)cc2)CC1. The third kappa shape index (κ3) is 4.45. The van der Waals surface area contributed by atoms with Crippen LogP contribution in [-0.2, 0) is 6.42 Å². The Morgan fingerprint density at radius 2 is 1.59 bits per heavy atom. The van der Waals surface area contributed by atoms with Crippen LogP contribution in [-0.4, -0.2) is 42.2 Å². The smallest absolute Gasteiger partial charge is 0.124 e. The third-order valence-corrected chi connectivity index (χ3v) is 7.44. The normalized spacial score (nSPS) is 16.8. The lowest BCUT2D eigenvalue weighted by Gasteiger charge is -2.38. The van der Waals surface area contributed by atoms with Crippen LogP contribution in [0.15, 0.2) is 60.7 Å². The van der Waals surface area contributed by atoms with E-state index in [9.17, 15) is 9.50 Å². The van der Waals surface area contributed by atoms with Crippen LogP contribution in [0.2, 0.25) is 5.02 Å². The zero-order chi connectivity index (χ0) is 23.8. The Kier molecular flexibility index (Phi) is 6.37. The van der Waals surface area contributed by atoms with Crippen molar-refractivity contribution in [3.63, 3.8) is 0 Å². The van der Waals surface area contributed by atoms with Crippen molar-refractivity contribution in [2.24, 2.45) is 0 Å². The van der Waals surface area contributed by atoms with E-state index in [-0.39, 0.29) is 11.6 Å². The van der Waals surface area contributed by atoms with Crippen molar-refractivity contribution in [2.45, 2.75) is 32.7 Å². The maximum atomic E-state index is 13.8. The van der Waals surface area contributed by atoms with E-state index in [1.54, 1.807) is 12.1 Å². The summed E-state index contributed by atoms with van der Waals surface area (Å²) in [7, 11) is 0. The highest BCUT2D eigenvalue weighted by Crippen LogP contribution is 2.43. The number of benzene rings is 3. The topological polar surface area (TPSA) is 26.7 Å². The van der Waals surface area contributed by atoms with Crippen LogP contribution in [0.5, 0.6) is 5.75 Å². The van der Waals surface area contributed by atoms with Gasteiger partial charge in [0.2, 0.25) is 0 Å². The molecule has 0 amide bonds. The summed E-state index contributed by atoms with van der Waals surface area (Å²) in [6, 6.07) is 19.5. The van der Waals surface area contributed by atoms with Gasteiger partial charge < -0.3 is 10.0 Å². The molecule has 1 saturated heterocycles. The lowest BCUT2D eigenvalue weighted by Crippen LogP contribution is -2.48. The molecule has 0 atom stereocenters. The summed E-state index contributed by atoms with van der Waals surface area (Å²) in [4.78, 5) is 4.95. The van der Waals surface area contributed by atoms with Gasteiger partial charge in [0.15, 0.2) is 0 Å². The Morgan fingerprint density at radius 1 is 0.853 bits per heavy atom. The molecule has 0 saturated carbocycles. The summed E-state index contributed by atoms with van der Waals surface area (Å²) in [5, 5.41) is 10.7. The number of phenols is 1. The molecule has 5 heteroatoms. The van der Waals surface area contributed by atoms with E-state index in [4.69, 9.17) is 11.6 Å². The molecule has 3 nitrogen and oxygen atoms in total. The number of fused-ring (bicyclic) bond motifs is 1. The molecule has 0 aromatic heterocycles. The predicted octanol–water partition coefficient (Wildman–Crippen LogP) is 6.62. The summed E-state index contributed by atoms with van der Waals surface area (Å²) in [6.45, 7) is 8.70. The molecular weight excluding hydrogens is 447 g/mol. The lowest BCUT2D eigenvalue weighted by atomic mass is 9.79. The van der Waals surface area contributed by atoms with E-state index in [1.807, 2.05) is 12.1 Å². The van der Waals surface area contributed by atoms with Crippen molar-refractivity contribution in [3.05, 3.63) is 93.8 Å². The van der Waals surface area contributed by atoms with Crippen LogP contribution in [0.3, 0.4) is 0 Å². The van der Waals surface area contributed by atoms with Gasteiger partial charge in [-0.25, -0.2) is 4.39 Å².